The van der Waals surface area contributed by atoms with Gasteiger partial charge in [0.2, 0.25) is 9.84 Å². The molecule has 1 aromatic rings. The molecule has 1 aromatic carbocycles. The molecular weight excluding hydrogens is 330 g/mol. The molecule has 24 heavy (non-hydrogen) atoms. The van der Waals surface area contributed by atoms with Gasteiger partial charge in [-0.2, -0.15) is 0 Å². The van der Waals surface area contributed by atoms with Gasteiger partial charge in [0, 0.05) is 12.7 Å². The summed E-state index contributed by atoms with van der Waals surface area (Å²) in [6.07, 6.45) is 3.38. The van der Waals surface area contributed by atoms with Gasteiger partial charge in [0.25, 0.3) is 0 Å². The van der Waals surface area contributed by atoms with Crippen molar-refractivity contribution in [1.29, 1.82) is 0 Å². The zero-order chi connectivity index (χ0) is 18.2. The maximum Gasteiger partial charge on any atom is 0.350 e. The van der Waals surface area contributed by atoms with Gasteiger partial charge in [0.15, 0.2) is 4.91 Å². The molecule has 0 aliphatic rings. The van der Waals surface area contributed by atoms with Gasteiger partial charge in [-0.15, -0.1) is 0 Å². The number of rotatable bonds is 8. The third-order valence-electron chi connectivity index (χ3n) is 3.19. The van der Waals surface area contributed by atoms with Crippen LogP contribution < -0.4 is 0 Å². The molecule has 7 heteroatoms. The highest BCUT2D eigenvalue weighted by Crippen LogP contribution is 2.20. The number of carbonyl (C=O) groups is 1. The van der Waals surface area contributed by atoms with Crippen LogP contribution in [0.2, 0.25) is 0 Å². The predicted octanol–water partition coefficient (Wildman–Crippen LogP) is 2.08. The third kappa shape index (κ3) is 5.21. The Morgan fingerprint density at radius 1 is 1.29 bits per heavy atom. The lowest BCUT2D eigenvalue weighted by atomic mass is 10.4. The normalized spacial score (nSPS) is 13.8. The summed E-state index contributed by atoms with van der Waals surface area (Å²) in [6, 6.07) is 7.68. The second-order valence-corrected chi connectivity index (χ2v) is 6.79. The third-order valence-corrected chi connectivity index (χ3v) is 4.96. The number of esters is 1. The summed E-state index contributed by atoms with van der Waals surface area (Å²) in [7, 11) is -3.99. The van der Waals surface area contributed by atoms with Crippen LogP contribution in [-0.4, -0.2) is 43.8 Å². The first-order valence-corrected chi connectivity index (χ1v) is 9.12. The van der Waals surface area contributed by atoms with E-state index in [4.69, 9.17) is 4.74 Å². The first-order chi connectivity index (χ1) is 11.3. The predicted molar refractivity (Wildman–Crippen MR) is 91.5 cm³/mol. The van der Waals surface area contributed by atoms with Crippen molar-refractivity contribution in [2.75, 3.05) is 13.2 Å². The molecule has 0 radical (unpaired) electrons. The zero-order valence-electron chi connectivity index (χ0n) is 14.0. The van der Waals surface area contributed by atoms with Crippen LogP contribution >= 0.6 is 0 Å². The molecule has 132 valence electrons. The Hall–Kier alpha value is -2.12. The van der Waals surface area contributed by atoms with Crippen LogP contribution in [0.1, 0.15) is 20.8 Å². The van der Waals surface area contributed by atoms with E-state index < -0.39 is 26.9 Å². The second-order valence-electron chi connectivity index (χ2n) is 4.87. The van der Waals surface area contributed by atoms with Crippen molar-refractivity contribution >= 4 is 15.8 Å². The lowest BCUT2D eigenvalue weighted by Gasteiger charge is -2.21. The van der Waals surface area contributed by atoms with Gasteiger partial charge in [0.1, 0.15) is 6.23 Å². The van der Waals surface area contributed by atoms with Crippen LogP contribution in [0.4, 0.5) is 0 Å². The number of nitrogens with zero attached hydrogens (tertiary/aromatic N) is 1. The molecule has 1 rings (SSSR count). The van der Waals surface area contributed by atoms with Crippen LogP contribution in [0.5, 0.6) is 0 Å². The number of benzene rings is 1. The fourth-order valence-corrected chi connectivity index (χ4v) is 3.24. The number of sulfone groups is 1. The Kier molecular flexibility index (Phi) is 7.67. The van der Waals surface area contributed by atoms with E-state index >= 15 is 0 Å². The van der Waals surface area contributed by atoms with E-state index in [1.165, 1.54) is 30.5 Å². The summed E-state index contributed by atoms with van der Waals surface area (Å²) >= 11 is 0. The van der Waals surface area contributed by atoms with Gasteiger partial charge in [-0.05, 0) is 45.1 Å². The summed E-state index contributed by atoms with van der Waals surface area (Å²) in [5.41, 5.74) is 0. The molecule has 0 bridgehead atoms. The smallest absolute Gasteiger partial charge is 0.350 e. The van der Waals surface area contributed by atoms with Crippen molar-refractivity contribution in [3.63, 3.8) is 0 Å². The second kappa shape index (κ2) is 9.24. The van der Waals surface area contributed by atoms with Gasteiger partial charge < -0.3 is 14.7 Å². The number of hydrogen-bond donors (Lipinski definition) is 1. The highest BCUT2D eigenvalue weighted by molar-refractivity contribution is 7.96. The van der Waals surface area contributed by atoms with Crippen molar-refractivity contribution in [2.24, 2.45) is 0 Å². The Labute approximate surface area is 143 Å². The quantitative estimate of drug-likeness (QED) is 0.333. The average Bonchev–Trinajstić information content (AvgIpc) is 2.55. The number of allylic oxidation sites excluding steroid dienone is 2. The molecule has 0 spiro atoms. The van der Waals surface area contributed by atoms with Gasteiger partial charge in [0.05, 0.1) is 11.5 Å². The molecule has 6 nitrogen and oxygen atoms in total. The highest BCUT2D eigenvalue weighted by atomic mass is 32.2. The molecule has 0 heterocycles. The van der Waals surface area contributed by atoms with E-state index in [2.05, 4.69) is 0 Å². The minimum absolute atomic E-state index is 0.0144. The number of carbonyl (C=O) groups excluding carboxylic acids is 1. The first kappa shape index (κ1) is 19.9. The molecule has 0 aromatic heterocycles. The van der Waals surface area contributed by atoms with Crippen LogP contribution in [0.3, 0.4) is 0 Å². The Balaban J connectivity index is 3.25. The van der Waals surface area contributed by atoms with Crippen LogP contribution in [0.15, 0.2) is 58.5 Å². The molecule has 0 aliphatic heterocycles. The summed E-state index contributed by atoms with van der Waals surface area (Å²) < 4.78 is 30.2. The van der Waals surface area contributed by atoms with Gasteiger partial charge in [-0.3, -0.25) is 0 Å². The van der Waals surface area contributed by atoms with E-state index in [1.807, 2.05) is 6.92 Å². The SMILES string of the molecule is CCOC(=O)/C(=C\C=C\N(CC)C(C)O)S(=O)(=O)c1ccccc1. The van der Waals surface area contributed by atoms with Crippen molar-refractivity contribution in [1.82, 2.24) is 4.90 Å². The Bertz CT molecular complexity index is 693. The standard InChI is InChI=1S/C17H23NO5S/c1-4-18(14(3)19)13-9-12-16(17(20)23-5-2)24(21,22)15-10-7-6-8-11-15/h6-14,19H,4-5H2,1-3H3/b13-9+,16-12+. The minimum Gasteiger partial charge on any atom is -0.462 e. The number of aliphatic hydroxyl groups excluding tert-OH is 1. The maximum atomic E-state index is 12.7. The fraction of sp³-hybridized carbons (Fsp3) is 0.353. The maximum absolute atomic E-state index is 12.7. The molecule has 1 atom stereocenters. The molecule has 0 amide bonds. The van der Waals surface area contributed by atoms with Crippen LogP contribution in [-0.2, 0) is 19.4 Å². The summed E-state index contributed by atoms with van der Waals surface area (Å²) in [5, 5.41) is 9.55. The molecular formula is C17H23NO5S. The van der Waals surface area contributed by atoms with E-state index in [0.29, 0.717) is 6.54 Å². The lowest BCUT2D eigenvalue weighted by Crippen LogP contribution is -2.27. The Morgan fingerprint density at radius 3 is 2.42 bits per heavy atom. The number of aliphatic hydroxyl groups is 1. The van der Waals surface area contributed by atoms with Gasteiger partial charge >= 0.3 is 5.97 Å². The monoisotopic (exact) mass is 353 g/mol. The van der Waals surface area contributed by atoms with Crippen LogP contribution in [0.25, 0.3) is 0 Å². The van der Waals surface area contributed by atoms with Crippen LogP contribution in [0, 0.1) is 0 Å². The number of ether oxygens (including phenoxy) is 1. The highest BCUT2D eigenvalue weighted by Gasteiger charge is 2.27. The lowest BCUT2D eigenvalue weighted by molar-refractivity contribution is -0.137. The zero-order valence-corrected chi connectivity index (χ0v) is 14.9. The average molecular weight is 353 g/mol. The number of hydrogen-bond acceptors (Lipinski definition) is 6. The Morgan fingerprint density at radius 2 is 1.92 bits per heavy atom. The summed E-state index contributed by atoms with van der Waals surface area (Å²) in [4.78, 5) is 13.2. The minimum atomic E-state index is -3.99. The van der Waals surface area contributed by atoms with E-state index in [-0.39, 0.29) is 11.5 Å². The van der Waals surface area contributed by atoms with Crippen molar-refractivity contribution in [3.8, 4) is 0 Å². The van der Waals surface area contributed by atoms with Crippen molar-refractivity contribution in [2.45, 2.75) is 31.9 Å². The van der Waals surface area contributed by atoms with Gasteiger partial charge in [-0.1, -0.05) is 18.2 Å². The molecule has 0 saturated heterocycles. The van der Waals surface area contributed by atoms with E-state index in [1.54, 1.807) is 36.9 Å². The fourth-order valence-electron chi connectivity index (χ4n) is 1.93. The molecule has 0 fully saturated rings. The first-order valence-electron chi connectivity index (χ1n) is 7.64. The summed E-state index contributed by atoms with van der Waals surface area (Å²) in [6.45, 7) is 5.63. The molecule has 1 N–H and O–H groups in total. The largest absolute Gasteiger partial charge is 0.462 e. The van der Waals surface area contributed by atoms with E-state index in [0.717, 1.165) is 0 Å². The van der Waals surface area contributed by atoms with Crippen molar-refractivity contribution in [3.05, 3.63) is 53.6 Å². The molecule has 0 saturated carbocycles. The summed E-state index contributed by atoms with van der Waals surface area (Å²) in [5.74, 6) is -0.911. The topological polar surface area (TPSA) is 83.9 Å². The van der Waals surface area contributed by atoms with E-state index in [9.17, 15) is 18.3 Å². The molecule has 1 unspecified atom stereocenters. The van der Waals surface area contributed by atoms with Crippen molar-refractivity contribution < 1.29 is 23.1 Å². The van der Waals surface area contributed by atoms with Gasteiger partial charge in [-0.25, -0.2) is 13.2 Å². The molecule has 0 aliphatic carbocycles.